The number of nitrogens with zero attached hydrogens (tertiary/aromatic N) is 1. The Bertz CT molecular complexity index is 811. The Kier molecular flexibility index (Phi) is 4.76. The first kappa shape index (κ1) is 15.7. The number of carbonyl (C=O) groups is 1. The van der Waals surface area contributed by atoms with Gasteiger partial charge in [0, 0.05) is 15.9 Å². The first-order valence-electron chi connectivity index (χ1n) is 7.62. The molecule has 0 spiro atoms. The van der Waals surface area contributed by atoms with E-state index in [2.05, 4.69) is 43.6 Å². The van der Waals surface area contributed by atoms with E-state index in [9.17, 15) is 4.79 Å². The molecule has 0 aliphatic heterocycles. The Morgan fingerprint density at radius 3 is 2.74 bits per heavy atom. The lowest BCUT2D eigenvalue weighted by molar-refractivity contribution is 0.0935. The monoisotopic (exact) mass is 371 g/mol. The van der Waals surface area contributed by atoms with E-state index >= 15 is 0 Å². The maximum atomic E-state index is 12.4. The number of amides is 1. The van der Waals surface area contributed by atoms with Gasteiger partial charge in [-0.2, -0.15) is 5.10 Å². The molecule has 0 saturated carbocycles. The average molecular weight is 372 g/mol. The lowest BCUT2D eigenvalue weighted by Gasteiger charge is -2.13. The van der Waals surface area contributed by atoms with E-state index < -0.39 is 0 Å². The van der Waals surface area contributed by atoms with Crippen molar-refractivity contribution >= 4 is 32.7 Å². The van der Waals surface area contributed by atoms with Gasteiger partial charge >= 0.3 is 0 Å². The molecule has 23 heavy (non-hydrogen) atoms. The normalized spacial score (nSPS) is 12.3. The molecule has 3 aromatic rings. The number of fused-ring (bicyclic) bond motifs is 1. The first-order chi connectivity index (χ1) is 11.1. The molecule has 0 aliphatic rings. The van der Waals surface area contributed by atoms with Crippen LogP contribution in [0.3, 0.4) is 0 Å². The van der Waals surface area contributed by atoms with Crippen LogP contribution in [0.25, 0.3) is 10.9 Å². The van der Waals surface area contributed by atoms with Gasteiger partial charge in [0.15, 0.2) is 5.69 Å². The molecule has 1 atom stereocenters. The standard InChI is InChI=1S/C18H18BrN3O/c1-12(6-7-13-8-10-14(19)11-9-13)20-18(23)17-15-4-2-3-5-16(15)21-22-17/h2-5,8-12H,6-7H2,1H3,(H,20,23)(H,21,22)/t12-/m0/s1. The van der Waals surface area contributed by atoms with E-state index in [0.717, 1.165) is 28.2 Å². The molecule has 1 heterocycles. The van der Waals surface area contributed by atoms with Gasteiger partial charge < -0.3 is 5.32 Å². The first-order valence-corrected chi connectivity index (χ1v) is 8.41. The smallest absolute Gasteiger partial charge is 0.272 e. The van der Waals surface area contributed by atoms with E-state index in [0.29, 0.717) is 5.69 Å². The second kappa shape index (κ2) is 6.96. The van der Waals surface area contributed by atoms with Gasteiger partial charge in [-0.05, 0) is 43.5 Å². The third kappa shape index (κ3) is 3.79. The molecule has 4 nitrogen and oxygen atoms in total. The molecule has 1 aromatic heterocycles. The van der Waals surface area contributed by atoms with Crippen molar-refractivity contribution in [2.45, 2.75) is 25.8 Å². The molecule has 0 radical (unpaired) electrons. The van der Waals surface area contributed by atoms with Crippen LogP contribution in [0.1, 0.15) is 29.4 Å². The van der Waals surface area contributed by atoms with Gasteiger partial charge in [0.05, 0.1) is 5.52 Å². The van der Waals surface area contributed by atoms with Gasteiger partial charge in [0.25, 0.3) is 5.91 Å². The number of nitrogens with one attached hydrogen (secondary N) is 2. The number of benzene rings is 2. The summed E-state index contributed by atoms with van der Waals surface area (Å²) in [5.41, 5.74) is 2.59. The third-order valence-electron chi connectivity index (χ3n) is 3.84. The summed E-state index contributed by atoms with van der Waals surface area (Å²) in [6.07, 6.45) is 1.81. The molecule has 2 N–H and O–H groups in total. The number of halogens is 1. The van der Waals surface area contributed by atoms with Crippen molar-refractivity contribution in [2.75, 3.05) is 0 Å². The highest BCUT2D eigenvalue weighted by molar-refractivity contribution is 9.10. The molecule has 118 valence electrons. The molecular formula is C18H18BrN3O. The Labute approximate surface area is 143 Å². The van der Waals surface area contributed by atoms with E-state index in [4.69, 9.17) is 0 Å². The SMILES string of the molecule is C[C@@H](CCc1ccc(Br)cc1)NC(=O)c1n[nH]c2ccccc12. The number of carbonyl (C=O) groups excluding carboxylic acids is 1. The van der Waals surface area contributed by atoms with Crippen molar-refractivity contribution in [3.05, 3.63) is 64.3 Å². The van der Waals surface area contributed by atoms with Crippen LogP contribution < -0.4 is 5.32 Å². The zero-order valence-electron chi connectivity index (χ0n) is 12.8. The fourth-order valence-corrected chi connectivity index (χ4v) is 2.80. The fraction of sp³-hybridized carbons (Fsp3) is 0.222. The van der Waals surface area contributed by atoms with Gasteiger partial charge in [-0.1, -0.05) is 46.3 Å². The maximum absolute atomic E-state index is 12.4. The number of aromatic nitrogens is 2. The summed E-state index contributed by atoms with van der Waals surface area (Å²) in [7, 11) is 0. The van der Waals surface area contributed by atoms with E-state index in [-0.39, 0.29) is 11.9 Å². The summed E-state index contributed by atoms with van der Waals surface area (Å²) in [5.74, 6) is -0.134. The van der Waals surface area contributed by atoms with Crippen molar-refractivity contribution in [1.82, 2.24) is 15.5 Å². The maximum Gasteiger partial charge on any atom is 0.272 e. The van der Waals surface area contributed by atoms with Crippen LogP contribution in [0.15, 0.2) is 53.0 Å². The van der Waals surface area contributed by atoms with Crippen LogP contribution in [-0.4, -0.2) is 22.1 Å². The second-order valence-corrected chi connectivity index (χ2v) is 6.57. The molecule has 5 heteroatoms. The van der Waals surface area contributed by atoms with Crippen LogP contribution >= 0.6 is 15.9 Å². The molecule has 0 fully saturated rings. The Morgan fingerprint density at radius 2 is 1.96 bits per heavy atom. The largest absolute Gasteiger partial charge is 0.348 e. The highest BCUT2D eigenvalue weighted by Crippen LogP contribution is 2.16. The molecule has 0 saturated heterocycles. The van der Waals surface area contributed by atoms with Gasteiger partial charge in [0.2, 0.25) is 0 Å². The predicted molar refractivity (Wildman–Crippen MR) is 95.5 cm³/mol. The van der Waals surface area contributed by atoms with Crippen molar-refractivity contribution in [3.63, 3.8) is 0 Å². The van der Waals surface area contributed by atoms with Crippen molar-refractivity contribution in [3.8, 4) is 0 Å². The average Bonchev–Trinajstić information content (AvgIpc) is 2.98. The fourth-order valence-electron chi connectivity index (χ4n) is 2.54. The van der Waals surface area contributed by atoms with Crippen molar-refractivity contribution < 1.29 is 4.79 Å². The van der Waals surface area contributed by atoms with Gasteiger partial charge in [0.1, 0.15) is 0 Å². The molecule has 0 bridgehead atoms. The summed E-state index contributed by atoms with van der Waals surface area (Å²) in [4.78, 5) is 12.4. The number of hydrogen-bond acceptors (Lipinski definition) is 2. The number of H-pyrrole nitrogens is 1. The van der Waals surface area contributed by atoms with Crippen LogP contribution in [0.2, 0.25) is 0 Å². The molecular weight excluding hydrogens is 354 g/mol. The number of aromatic amines is 1. The summed E-state index contributed by atoms with van der Waals surface area (Å²) >= 11 is 3.43. The lowest BCUT2D eigenvalue weighted by atomic mass is 10.1. The quantitative estimate of drug-likeness (QED) is 0.709. The highest BCUT2D eigenvalue weighted by atomic mass is 79.9. The Balaban J connectivity index is 1.60. The van der Waals surface area contributed by atoms with Gasteiger partial charge in [-0.25, -0.2) is 0 Å². The van der Waals surface area contributed by atoms with Crippen molar-refractivity contribution in [1.29, 1.82) is 0 Å². The zero-order chi connectivity index (χ0) is 16.2. The number of aryl methyl sites for hydroxylation is 1. The molecule has 3 rings (SSSR count). The Hall–Kier alpha value is -2.14. The topological polar surface area (TPSA) is 57.8 Å². The van der Waals surface area contributed by atoms with Crippen LogP contribution in [0.4, 0.5) is 0 Å². The van der Waals surface area contributed by atoms with Crippen LogP contribution in [0.5, 0.6) is 0 Å². The molecule has 0 aliphatic carbocycles. The molecule has 0 unspecified atom stereocenters. The second-order valence-electron chi connectivity index (χ2n) is 5.66. The van der Waals surface area contributed by atoms with E-state index in [1.807, 2.05) is 43.3 Å². The summed E-state index contributed by atoms with van der Waals surface area (Å²) in [5, 5.41) is 10.9. The lowest BCUT2D eigenvalue weighted by Crippen LogP contribution is -2.33. The predicted octanol–water partition coefficient (Wildman–Crippen LogP) is 4.08. The molecule has 1 amide bonds. The van der Waals surface area contributed by atoms with Gasteiger partial charge in [-0.3, -0.25) is 9.89 Å². The molecule has 2 aromatic carbocycles. The van der Waals surface area contributed by atoms with Crippen LogP contribution in [-0.2, 0) is 6.42 Å². The van der Waals surface area contributed by atoms with E-state index in [1.54, 1.807) is 0 Å². The zero-order valence-corrected chi connectivity index (χ0v) is 14.4. The minimum absolute atomic E-state index is 0.0848. The number of hydrogen-bond donors (Lipinski definition) is 2. The van der Waals surface area contributed by atoms with E-state index in [1.165, 1.54) is 5.56 Å². The summed E-state index contributed by atoms with van der Waals surface area (Å²) < 4.78 is 1.08. The highest BCUT2D eigenvalue weighted by Gasteiger charge is 2.15. The minimum atomic E-state index is -0.134. The summed E-state index contributed by atoms with van der Waals surface area (Å²) in [6.45, 7) is 2.02. The number of para-hydroxylation sites is 1. The van der Waals surface area contributed by atoms with Gasteiger partial charge in [-0.15, -0.1) is 0 Å². The Morgan fingerprint density at radius 1 is 1.22 bits per heavy atom. The number of rotatable bonds is 5. The third-order valence-corrected chi connectivity index (χ3v) is 4.37. The minimum Gasteiger partial charge on any atom is -0.348 e. The summed E-state index contributed by atoms with van der Waals surface area (Å²) in [6, 6.07) is 16.0. The van der Waals surface area contributed by atoms with Crippen LogP contribution in [0, 0.1) is 0 Å². The van der Waals surface area contributed by atoms with Crippen molar-refractivity contribution in [2.24, 2.45) is 0 Å².